The summed E-state index contributed by atoms with van der Waals surface area (Å²) in [6.45, 7) is 7.69. The zero-order valence-corrected chi connectivity index (χ0v) is 15.0. The second-order valence-electron chi connectivity index (χ2n) is 6.65. The molecule has 134 valence electrons. The number of rotatable bonds is 6. The molecule has 0 radical (unpaired) electrons. The normalized spacial score (nSPS) is 12.4. The highest BCUT2D eigenvalue weighted by molar-refractivity contribution is 5.93. The molecule has 1 aromatic carbocycles. The van der Waals surface area contributed by atoms with Gasteiger partial charge >= 0.3 is 6.09 Å². The van der Waals surface area contributed by atoms with Crippen molar-refractivity contribution in [2.45, 2.75) is 40.2 Å². The van der Waals surface area contributed by atoms with Crippen LogP contribution in [0.15, 0.2) is 18.2 Å². The topological polar surface area (TPSA) is 108 Å². The number of amides is 2. The van der Waals surface area contributed by atoms with Crippen LogP contribution in [0.3, 0.4) is 0 Å². The first-order valence-electron chi connectivity index (χ1n) is 7.73. The second-order valence-corrected chi connectivity index (χ2v) is 6.65. The molecule has 0 heterocycles. The molecule has 0 aliphatic rings. The molecule has 1 aromatic rings. The molecule has 7 heteroatoms. The van der Waals surface area contributed by atoms with Gasteiger partial charge in [-0.25, -0.2) is 4.79 Å². The van der Waals surface area contributed by atoms with Crippen LogP contribution < -0.4 is 21.1 Å². The fourth-order valence-corrected chi connectivity index (χ4v) is 2.65. The Kier molecular flexibility index (Phi) is 6.45. The third kappa shape index (κ3) is 5.04. The zero-order chi connectivity index (χ0) is 18.5. The summed E-state index contributed by atoms with van der Waals surface area (Å²) in [5.41, 5.74) is 11.8. The van der Waals surface area contributed by atoms with Crippen molar-refractivity contribution in [2.75, 3.05) is 24.4 Å². The van der Waals surface area contributed by atoms with Gasteiger partial charge in [-0.1, -0.05) is 20.8 Å². The highest BCUT2D eigenvalue weighted by atomic mass is 16.5. The maximum absolute atomic E-state index is 12.3. The van der Waals surface area contributed by atoms with E-state index in [0.717, 1.165) is 0 Å². The number of nitrogens with two attached hydrogens (primary N) is 2. The lowest BCUT2D eigenvalue weighted by Gasteiger charge is -2.40. The quantitative estimate of drug-likeness (QED) is 0.776. The number of primary amides is 1. The molecule has 0 bridgehead atoms. The van der Waals surface area contributed by atoms with Gasteiger partial charge in [-0.2, -0.15) is 0 Å². The number of nitrogen functional groups attached to an aromatic ring is 1. The van der Waals surface area contributed by atoms with E-state index in [0.29, 0.717) is 23.5 Å². The fourth-order valence-electron chi connectivity index (χ4n) is 2.65. The molecule has 24 heavy (non-hydrogen) atoms. The van der Waals surface area contributed by atoms with Gasteiger partial charge in [0.1, 0.15) is 5.75 Å². The smallest absolute Gasteiger partial charge is 0.404 e. The Labute approximate surface area is 142 Å². The number of carbonyl (C=O) groups is 2. The third-order valence-electron chi connectivity index (χ3n) is 3.78. The van der Waals surface area contributed by atoms with Gasteiger partial charge in [-0.15, -0.1) is 0 Å². The Hall–Kier alpha value is -2.44. The van der Waals surface area contributed by atoms with E-state index in [1.54, 1.807) is 23.1 Å². The van der Waals surface area contributed by atoms with E-state index >= 15 is 0 Å². The summed E-state index contributed by atoms with van der Waals surface area (Å²) in [7, 11) is 1.52. The molecular formula is C17H27N3O4. The molecule has 0 aliphatic carbocycles. The average Bonchev–Trinajstić information content (AvgIpc) is 2.45. The van der Waals surface area contributed by atoms with Crippen LogP contribution in [-0.2, 0) is 9.53 Å². The Morgan fingerprint density at radius 3 is 2.38 bits per heavy atom. The lowest BCUT2D eigenvalue weighted by Crippen LogP contribution is -2.47. The summed E-state index contributed by atoms with van der Waals surface area (Å²) in [5.74, 6) is 0.376. The first-order chi connectivity index (χ1) is 11.1. The second kappa shape index (κ2) is 7.90. The fraction of sp³-hybridized carbons (Fsp3) is 0.529. The van der Waals surface area contributed by atoms with Gasteiger partial charge in [0.25, 0.3) is 0 Å². The van der Waals surface area contributed by atoms with E-state index in [4.69, 9.17) is 20.9 Å². The molecule has 0 saturated carbocycles. The van der Waals surface area contributed by atoms with Crippen LogP contribution in [-0.4, -0.2) is 31.8 Å². The zero-order valence-electron chi connectivity index (χ0n) is 15.0. The van der Waals surface area contributed by atoms with Crippen molar-refractivity contribution in [3.63, 3.8) is 0 Å². The number of methoxy groups -OCH3 is 1. The molecule has 1 atom stereocenters. The van der Waals surface area contributed by atoms with Crippen LogP contribution in [0.1, 0.15) is 34.1 Å². The van der Waals surface area contributed by atoms with Crippen molar-refractivity contribution in [3.8, 4) is 5.75 Å². The largest absolute Gasteiger partial charge is 0.495 e. The summed E-state index contributed by atoms with van der Waals surface area (Å²) in [5, 5.41) is 0. The van der Waals surface area contributed by atoms with Gasteiger partial charge in [0.05, 0.1) is 19.4 Å². The van der Waals surface area contributed by atoms with Crippen LogP contribution in [0.4, 0.5) is 16.2 Å². The summed E-state index contributed by atoms with van der Waals surface area (Å²) in [6.07, 6.45) is -0.371. The van der Waals surface area contributed by atoms with Crippen molar-refractivity contribution in [1.29, 1.82) is 0 Å². The van der Waals surface area contributed by atoms with Gasteiger partial charge < -0.3 is 25.8 Å². The van der Waals surface area contributed by atoms with Gasteiger partial charge in [-0.05, 0) is 17.5 Å². The third-order valence-corrected chi connectivity index (χ3v) is 3.78. The summed E-state index contributed by atoms with van der Waals surface area (Å²) >= 11 is 0. The maximum Gasteiger partial charge on any atom is 0.404 e. The molecule has 0 aromatic heterocycles. The number of carbonyl (C=O) groups excluding carboxylic acids is 2. The highest BCUT2D eigenvalue weighted by Gasteiger charge is 2.33. The molecular weight excluding hydrogens is 310 g/mol. The number of benzene rings is 1. The number of ether oxygens (including phenoxy) is 2. The number of hydrogen-bond acceptors (Lipinski definition) is 5. The van der Waals surface area contributed by atoms with E-state index in [2.05, 4.69) is 0 Å². The molecule has 1 rings (SSSR count). The molecule has 0 aliphatic heterocycles. The molecule has 2 amide bonds. The molecule has 0 spiro atoms. The van der Waals surface area contributed by atoms with Crippen LogP contribution in [0, 0.1) is 5.41 Å². The minimum absolute atomic E-state index is 0.124. The molecule has 4 N–H and O–H groups in total. The molecule has 0 saturated heterocycles. The number of nitrogens with zero attached hydrogens (tertiary/aromatic N) is 1. The van der Waals surface area contributed by atoms with Crippen molar-refractivity contribution in [3.05, 3.63) is 18.2 Å². The van der Waals surface area contributed by atoms with Crippen LogP contribution in [0.25, 0.3) is 0 Å². The van der Waals surface area contributed by atoms with Gasteiger partial charge in [0.2, 0.25) is 5.91 Å². The standard InChI is InChI=1S/C17H27N3O4/c1-11(21)20(12-6-7-13(18)14(10-12)23-5)15(17(2,3)4)8-9-24-16(19)22/h6-7,10,15H,8-9,18H2,1-5H3,(H2,19,22). The predicted octanol–water partition coefficient (Wildman–Crippen LogP) is 2.53. The first-order valence-corrected chi connectivity index (χ1v) is 7.73. The predicted molar refractivity (Wildman–Crippen MR) is 94.0 cm³/mol. The summed E-state index contributed by atoms with van der Waals surface area (Å²) < 4.78 is 10.1. The summed E-state index contributed by atoms with van der Waals surface area (Å²) in [4.78, 5) is 24.8. The van der Waals surface area contributed by atoms with Crippen LogP contribution in [0.5, 0.6) is 5.75 Å². The number of anilines is 2. The van der Waals surface area contributed by atoms with Gasteiger partial charge in [-0.3, -0.25) is 4.79 Å². The van der Waals surface area contributed by atoms with Crippen LogP contribution >= 0.6 is 0 Å². The average molecular weight is 337 g/mol. The highest BCUT2D eigenvalue weighted by Crippen LogP contribution is 2.34. The molecule has 7 nitrogen and oxygen atoms in total. The van der Waals surface area contributed by atoms with E-state index < -0.39 is 6.09 Å². The van der Waals surface area contributed by atoms with E-state index in [9.17, 15) is 9.59 Å². The van der Waals surface area contributed by atoms with Gasteiger partial charge in [0.15, 0.2) is 0 Å². The Bertz CT molecular complexity index is 596. The lowest BCUT2D eigenvalue weighted by atomic mass is 9.83. The first kappa shape index (κ1) is 19.6. The van der Waals surface area contributed by atoms with E-state index in [-0.39, 0.29) is 24.0 Å². The minimum Gasteiger partial charge on any atom is -0.495 e. The number of hydrogen-bond donors (Lipinski definition) is 2. The van der Waals surface area contributed by atoms with Crippen molar-refractivity contribution < 1.29 is 19.1 Å². The maximum atomic E-state index is 12.3. The SMILES string of the molecule is COc1cc(N(C(C)=O)C(CCOC(N)=O)C(C)(C)C)ccc1N. The monoisotopic (exact) mass is 337 g/mol. The Morgan fingerprint density at radius 2 is 1.92 bits per heavy atom. The van der Waals surface area contributed by atoms with E-state index in [1.165, 1.54) is 14.0 Å². The minimum atomic E-state index is -0.828. The van der Waals surface area contributed by atoms with E-state index in [1.807, 2.05) is 20.8 Å². The molecule has 1 unspecified atom stereocenters. The van der Waals surface area contributed by atoms with Gasteiger partial charge in [0, 0.05) is 31.1 Å². The summed E-state index contributed by atoms with van der Waals surface area (Å²) in [6, 6.07) is 4.99. The Morgan fingerprint density at radius 1 is 1.29 bits per heavy atom. The van der Waals surface area contributed by atoms with Crippen LogP contribution in [0.2, 0.25) is 0 Å². The van der Waals surface area contributed by atoms with Crippen molar-refractivity contribution in [1.82, 2.24) is 0 Å². The molecule has 0 fully saturated rings. The Balaban J connectivity index is 3.21. The van der Waals surface area contributed by atoms with Crippen molar-refractivity contribution in [2.24, 2.45) is 11.1 Å². The lowest BCUT2D eigenvalue weighted by molar-refractivity contribution is -0.117. The van der Waals surface area contributed by atoms with Crippen molar-refractivity contribution >= 4 is 23.4 Å².